The zero-order valence-corrected chi connectivity index (χ0v) is 10.9. The highest BCUT2D eigenvalue weighted by molar-refractivity contribution is 5.97. The van der Waals surface area contributed by atoms with E-state index in [9.17, 15) is 4.79 Å². The van der Waals surface area contributed by atoms with Crippen LogP contribution in [0.3, 0.4) is 0 Å². The van der Waals surface area contributed by atoms with Crippen molar-refractivity contribution < 1.29 is 9.90 Å². The van der Waals surface area contributed by atoms with Crippen LogP contribution in [-0.4, -0.2) is 42.0 Å². The van der Waals surface area contributed by atoms with Crippen LogP contribution in [0.15, 0.2) is 24.3 Å². The number of carbonyl (C=O) groups excluding carboxylic acids is 1. The molecule has 3 heteroatoms. The van der Waals surface area contributed by atoms with Crippen molar-refractivity contribution in [1.29, 1.82) is 0 Å². The van der Waals surface area contributed by atoms with E-state index in [1.807, 2.05) is 31.2 Å². The molecular weight excluding hydrogens is 226 g/mol. The smallest absolute Gasteiger partial charge is 0.176 e. The lowest BCUT2D eigenvalue weighted by Crippen LogP contribution is -2.28. The van der Waals surface area contributed by atoms with Gasteiger partial charge in [0.05, 0.1) is 6.54 Å². The Hall–Kier alpha value is -1.19. The van der Waals surface area contributed by atoms with Crippen LogP contribution in [-0.2, 0) is 0 Å². The highest BCUT2D eigenvalue weighted by Crippen LogP contribution is 2.19. The van der Waals surface area contributed by atoms with Gasteiger partial charge in [0.2, 0.25) is 0 Å². The van der Waals surface area contributed by atoms with Gasteiger partial charge < -0.3 is 5.11 Å². The van der Waals surface area contributed by atoms with Crippen molar-refractivity contribution >= 4 is 5.78 Å². The quantitative estimate of drug-likeness (QED) is 0.808. The largest absolute Gasteiger partial charge is 0.396 e. The van der Waals surface area contributed by atoms with Crippen molar-refractivity contribution in [1.82, 2.24) is 4.90 Å². The molecule has 1 unspecified atom stereocenters. The molecule has 1 N–H and O–H groups in total. The van der Waals surface area contributed by atoms with E-state index in [0.29, 0.717) is 12.5 Å². The average molecular weight is 247 g/mol. The molecule has 1 aromatic carbocycles. The van der Waals surface area contributed by atoms with Gasteiger partial charge in [0.15, 0.2) is 5.78 Å². The third-order valence-corrected chi connectivity index (χ3v) is 3.65. The van der Waals surface area contributed by atoms with Gasteiger partial charge in [-0.25, -0.2) is 0 Å². The summed E-state index contributed by atoms with van der Waals surface area (Å²) >= 11 is 0. The zero-order valence-electron chi connectivity index (χ0n) is 10.9. The molecule has 0 bridgehead atoms. The Labute approximate surface area is 108 Å². The Kier molecular flexibility index (Phi) is 4.50. The third-order valence-electron chi connectivity index (χ3n) is 3.65. The summed E-state index contributed by atoms with van der Waals surface area (Å²) < 4.78 is 0. The van der Waals surface area contributed by atoms with Crippen molar-refractivity contribution in [3.63, 3.8) is 0 Å². The van der Waals surface area contributed by atoms with E-state index in [1.54, 1.807) is 0 Å². The molecule has 98 valence electrons. The first-order chi connectivity index (χ1) is 8.69. The van der Waals surface area contributed by atoms with Crippen LogP contribution < -0.4 is 0 Å². The number of aliphatic hydroxyl groups excluding tert-OH is 1. The lowest BCUT2D eigenvalue weighted by molar-refractivity contribution is 0.0942. The maximum atomic E-state index is 12.1. The number of hydrogen-bond acceptors (Lipinski definition) is 3. The van der Waals surface area contributed by atoms with E-state index in [1.165, 1.54) is 5.56 Å². The number of aryl methyl sites for hydroxylation is 1. The second-order valence-electron chi connectivity index (χ2n) is 5.19. The molecule has 0 saturated carbocycles. The van der Waals surface area contributed by atoms with Crippen LogP contribution in [0, 0.1) is 12.8 Å². The number of benzene rings is 1. The monoisotopic (exact) mass is 247 g/mol. The maximum absolute atomic E-state index is 12.1. The summed E-state index contributed by atoms with van der Waals surface area (Å²) in [4.78, 5) is 14.3. The molecular formula is C15H21NO2. The van der Waals surface area contributed by atoms with E-state index >= 15 is 0 Å². The van der Waals surface area contributed by atoms with Gasteiger partial charge in [-0.1, -0.05) is 29.8 Å². The van der Waals surface area contributed by atoms with Crippen molar-refractivity contribution in [3.05, 3.63) is 35.4 Å². The average Bonchev–Trinajstić information content (AvgIpc) is 2.78. The fourth-order valence-corrected chi connectivity index (χ4v) is 2.51. The summed E-state index contributed by atoms with van der Waals surface area (Å²) in [5, 5.41) is 8.91. The standard InChI is InChI=1S/C15H21NO2/c1-12-2-4-14(5-3-12)15(18)11-16-8-6-13(10-16)7-9-17/h2-5,13,17H,6-11H2,1H3. The fourth-order valence-electron chi connectivity index (χ4n) is 2.51. The van der Waals surface area contributed by atoms with E-state index in [4.69, 9.17) is 5.11 Å². The summed E-state index contributed by atoms with van der Waals surface area (Å²) in [6.45, 7) is 4.70. The summed E-state index contributed by atoms with van der Waals surface area (Å²) in [7, 11) is 0. The van der Waals surface area contributed by atoms with Gasteiger partial charge in [-0.3, -0.25) is 9.69 Å². The zero-order chi connectivity index (χ0) is 13.0. The van der Waals surface area contributed by atoms with E-state index in [0.717, 1.165) is 31.5 Å². The van der Waals surface area contributed by atoms with Gasteiger partial charge in [0.1, 0.15) is 0 Å². The van der Waals surface area contributed by atoms with Crippen LogP contribution in [0.25, 0.3) is 0 Å². The molecule has 2 rings (SSSR count). The number of hydrogen-bond donors (Lipinski definition) is 1. The molecule has 1 aliphatic rings. The van der Waals surface area contributed by atoms with Crippen molar-refractivity contribution in [2.75, 3.05) is 26.2 Å². The lowest BCUT2D eigenvalue weighted by Gasteiger charge is -2.14. The minimum atomic E-state index is 0.194. The van der Waals surface area contributed by atoms with Gasteiger partial charge in [-0.15, -0.1) is 0 Å². The van der Waals surface area contributed by atoms with Crippen LogP contribution in [0.2, 0.25) is 0 Å². The molecule has 0 amide bonds. The highest BCUT2D eigenvalue weighted by Gasteiger charge is 2.23. The molecule has 1 heterocycles. The van der Waals surface area contributed by atoms with Crippen molar-refractivity contribution in [2.45, 2.75) is 19.8 Å². The summed E-state index contributed by atoms with van der Waals surface area (Å²) in [6.07, 6.45) is 1.96. The number of rotatable bonds is 5. The third kappa shape index (κ3) is 3.40. The predicted octanol–water partition coefficient (Wildman–Crippen LogP) is 1.88. The van der Waals surface area contributed by atoms with Gasteiger partial charge >= 0.3 is 0 Å². The molecule has 1 fully saturated rings. The van der Waals surface area contributed by atoms with Gasteiger partial charge in [0, 0.05) is 18.7 Å². The number of ketones is 1. The highest BCUT2D eigenvalue weighted by atomic mass is 16.3. The lowest BCUT2D eigenvalue weighted by atomic mass is 10.1. The van der Waals surface area contributed by atoms with Crippen LogP contribution in [0.1, 0.15) is 28.8 Å². The van der Waals surface area contributed by atoms with Crippen LogP contribution in [0.4, 0.5) is 0 Å². The predicted molar refractivity (Wildman–Crippen MR) is 71.8 cm³/mol. The Morgan fingerprint density at radius 1 is 1.39 bits per heavy atom. The van der Waals surface area contributed by atoms with Crippen LogP contribution in [0.5, 0.6) is 0 Å². The topological polar surface area (TPSA) is 40.5 Å². The summed E-state index contributed by atoms with van der Waals surface area (Å²) in [5.41, 5.74) is 1.97. The number of nitrogens with zero attached hydrogens (tertiary/aromatic N) is 1. The van der Waals surface area contributed by atoms with E-state index in [2.05, 4.69) is 4.90 Å². The number of likely N-dealkylation sites (tertiary alicyclic amines) is 1. The molecule has 0 radical (unpaired) electrons. The number of aliphatic hydroxyl groups is 1. The van der Waals surface area contributed by atoms with E-state index < -0.39 is 0 Å². The van der Waals surface area contributed by atoms with Crippen molar-refractivity contribution in [3.8, 4) is 0 Å². The molecule has 1 aromatic rings. The molecule has 3 nitrogen and oxygen atoms in total. The summed E-state index contributed by atoms with van der Waals surface area (Å²) in [5.74, 6) is 0.750. The molecule has 1 saturated heterocycles. The second-order valence-corrected chi connectivity index (χ2v) is 5.19. The minimum absolute atomic E-state index is 0.194. The molecule has 18 heavy (non-hydrogen) atoms. The first-order valence-electron chi connectivity index (χ1n) is 6.62. The SMILES string of the molecule is Cc1ccc(C(=O)CN2CCC(CCO)C2)cc1. The fraction of sp³-hybridized carbons (Fsp3) is 0.533. The molecule has 0 spiro atoms. The van der Waals surface area contributed by atoms with E-state index in [-0.39, 0.29) is 12.4 Å². The molecule has 1 aliphatic heterocycles. The molecule has 0 aliphatic carbocycles. The first kappa shape index (κ1) is 13.2. The van der Waals surface area contributed by atoms with Crippen LogP contribution >= 0.6 is 0 Å². The maximum Gasteiger partial charge on any atom is 0.176 e. The number of carbonyl (C=O) groups is 1. The molecule has 1 atom stereocenters. The Balaban J connectivity index is 1.87. The van der Waals surface area contributed by atoms with Gasteiger partial charge in [0.25, 0.3) is 0 Å². The summed E-state index contributed by atoms with van der Waals surface area (Å²) in [6, 6.07) is 7.76. The second kappa shape index (κ2) is 6.12. The van der Waals surface area contributed by atoms with Gasteiger partial charge in [-0.05, 0) is 32.2 Å². The van der Waals surface area contributed by atoms with Crippen molar-refractivity contribution in [2.24, 2.45) is 5.92 Å². The Morgan fingerprint density at radius 2 is 2.11 bits per heavy atom. The Bertz CT molecular complexity index is 399. The number of Topliss-reactive ketones (excluding diaryl/α,β-unsaturated/α-hetero) is 1. The molecule has 0 aromatic heterocycles. The van der Waals surface area contributed by atoms with Gasteiger partial charge in [-0.2, -0.15) is 0 Å². The first-order valence-corrected chi connectivity index (χ1v) is 6.62. The minimum Gasteiger partial charge on any atom is -0.396 e. The Morgan fingerprint density at radius 3 is 2.78 bits per heavy atom. The normalized spacial score (nSPS) is 20.2.